The third-order valence-electron chi connectivity index (χ3n) is 4.77. The Hall–Kier alpha value is -1.66. The van der Waals surface area contributed by atoms with E-state index in [0.29, 0.717) is 35.9 Å². The van der Waals surface area contributed by atoms with Gasteiger partial charge in [0, 0.05) is 13.1 Å². The summed E-state index contributed by atoms with van der Waals surface area (Å²) in [6.45, 7) is 15.3. The molecule has 6 heteroatoms. The molecule has 1 heterocycles. The zero-order chi connectivity index (χ0) is 19.7. The van der Waals surface area contributed by atoms with E-state index in [9.17, 15) is 8.42 Å². The zero-order valence-corrected chi connectivity index (χ0v) is 17.8. The molecule has 0 aliphatic heterocycles. The van der Waals surface area contributed by atoms with Crippen molar-refractivity contribution in [2.45, 2.75) is 65.3 Å². The Balaban J connectivity index is 2.36. The number of benzene rings is 1. The van der Waals surface area contributed by atoms with E-state index < -0.39 is 10.0 Å². The SMILES string of the molecule is CCN(CC)S(=O)(=O)c1c(C)nn(Cc2ccc(C(C)(C)C)cc2)c1C. The molecule has 2 rings (SSSR count). The molecule has 26 heavy (non-hydrogen) atoms. The first-order valence-electron chi connectivity index (χ1n) is 9.16. The molecule has 0 aliphatic carbocycles. The quantitative estimate of drug-likeness (QED) is 0.768. The third-order valence-corrected chi connectivity index (χ3v) is 7.07. The van der Waals surface area contributed by atoms with Crippen LogP contribution in [0.5, 0.6) is 0 Å². The highest BCUT2D eigenvalue weighted by Crippen LogP contribution is 2.25. The molecule has 0 saturated heterocycles. The molecule has 0 bridgehead atoms. The Kier molecular flexibility index (Phi) is 5.98. The van der Waals surface area contributed by atoms with Crippen molar-refractivity contribution in [3.8, 4) is 0 Å². The molecular formula is C20H31N3O2S. The average molecular weight is 378 g/mol. The second-order valence-corrected chi connectivity index (χ2v) is 9.57. The van der Waals surface area contributed by atoms with Gasteiger partial charge in [-0.3, -0.25) is 4.68 Å². The van der Waals surface area contributed by atoms with Crippen molar-refractivity contribution in [1.82, 2.24) is 14.1 Å². The van der Waals surface area contributed by atoms with Crippen molar-refractivity contribution in [2.24, 2.45) is 0 Å². The lowest BCUT2D eigenvalue weighted by Gasteiger charge is -2.19. The van der Waals surface area contributed by atoms with E-state index in [-0.39, 0.29) is 5.41 Å². The van der Waals surface area contributed by atoms with Gasteiger partial charge in [0.1, 0.15) is 4.90 Å². The van der Waals surface area contributed by atoms with Gasteiger partial charge in [0.2, 0.25) is 10.0 Å². The Bertz CT molecular complexity index is 856. The molecule has 0 amide bonds. The lowest BCUT2D eigenvalue weighted by molar-refractivity contribution is 0.444. The van der Waals surface area contributed by atoms with Gasteiger partial charge < -0.3 is 0 Å². The monoisotopic (exact) mass is 377 g/mol. The van der Waals surface area contributed by atoms with Crippen molar-refractivity contribution in [2.75, 3.05) is 13.1 Å². The minimum atomic E-state index is -3.51. The molecule has 2 aromatic rings. The first-order chi connectivity index (χ1) is 12.0. The highest BCUT2D eigenvalue weighted by Gasteiger charge is 2.29. The molecule has 0 spiro atoms. The summed E-state index contributed by atoms with van der Waals surface area (Å²) in [5.41, 5.74) is 3.74. The highest BCUT2D eigenvalue weighted by molar-refractivity contribution is 7.89. The van der Waals surface area contributed by atoms with Crippen LogP contribution >= 0.6 is 0 Å². The Morgan fingerprint density at radius 1 is 1.04 bits per heavy atom. The predicted molar refractivity (Wildman–Crippen MR) is 106 cm³/mol. The van der Waals surface area contributed by atoms with E-state index >= 15 is 0 Å². The van der Waals surface area contributed by atoms with E-state index in [1.807, 2.05) is 20.8 Å². The minimum Gasteiger partial charge on any atom is -0.264 e. The number of rotatable bonds is 6. The second-order valence-electron chi connectivity index (χ2n) is 7.69. The first-order valence-corrected chi connectivity index (χ1v) is 10.6. The molecule has 144 valence electrons. The number of hydrogen-bond acceptors (Lipinski definition) is 3. The van der Waals surface area contributed by atoms with Gasteiger partial charge in [-0.2, -0.15) is 9.40 Å². The van der Waals surface area contributed by atoms with Crippen LogP contribution in [-0.4, -0.2) is 35.6 Å². The Morgan fingerprint density at radius 2 is 1.58 bits per heavy atom. The van der Waals surface area contributed by atoms with Crippen LogP contribution in [0.4, 0.5) is 0 Å². The summed E-state index contributed by atoms with van der Waals surface area (Å²) in [5.74, 6) is 0. The van der Waals surface area contributed by atoms with Gasteiger partial charge in [-0.25, -0.2) is 8.42 Å². The summed E-state index contributed by atoms with van der Waals surface area (Å²) < 4.78 is 29.1. The van der Waals surface area contributed by atoms with E-state index in [1.54, 1.807) is 11.6 Å². The third kappa shape index (κ3) is 4.01. The molecule has 0 atom stereocenters. The molecular weight excluding hydrogens is 346 g/mol. The summed E-state index contributed by atoms with van der Waals surface area (Å²) in [6.07, 6.45) is 0. The van der Waals surface area contributed by atoms with Crippen LogP contribution in [0.1, 0.15) is 57.1 Å². The van der Waals surface area contributed by atoms with E-state index in [4.69, 9.17) is 0 Å². The minimum absolute atomic E-state index is 0.113. The molecule has 5 nitrogen and oxygen atoms in total. The van der Waals surface area contributed by atoms with E-state index in [0.717, 1.165) is 5.56 Å². The lowest BCUT2D eigenvalue weighted by atomic mass is 9.87. The lowest BCUT2D eigenvalue weighted by Crippen LogP contribution is -2.31. The molecule has 1 aromatic heterocycles. The summed E-state index contributed by atoms with van der Waals surface area (Å²) in [6, 6.07) is 8.45. The van der Waals surface area contributed by atoms with Crippen molar-refractivity contribution in [3.63, 3.8) is 0 Å². The number of sulfonamides is 1. The van der Waals surface area contributed by atoms with Gasteiger partial charge in [0.15, 0.2) is 0 Å². The molecule has 0 unspecified atom stereocenters. The van der Waals surface area contributed by atoms with Gasteiger partial charge >= 0.3 is 0 Å². The Labute approximate surface area is 158 Å². The van der Waals surface area contributed by atoms with Gasteiger partial charge in [-0.15, -0.1) is 0 Å². The Morgan fingerprint density at radius 3 is 2.04 bits per heavy atom. The van der Waals surface area contributed by atoms with Crippen LogP contribution in [0.25, 0.3) is 0 Å². The fourth-order valence-electron chi connectivity index (χ4n) is 3.18. The summed E-state index contributed by atoms with van der Waals surface area (Å²) in [4.78, 5) is 0.340. The molecule has 1 aromatic carbocycles. The fraction of sp³-hybridized carbons (Fsp3) is 0.550. The van der Waals surface area contributed by atoms with Gasteiger partial charge in [-0.1, -0.05) is 58.9 Å². The first kappa shape index (κ1) is 20.6. The fourth-order valence-corrected chi connectivity index (χ4v) is 5.01. The largest absolute Gasteiger partial charge is 0.264 e. The number of nitrogens with zero attached hydrogens (tertiary/aromatic N) is 3. The van der Waals surface area contributed by atoms with E-state index in [1.165, 1.54) is 9.87 Å². The standard InChI is InChI=1S/C20H31N3O2S/c1-8-22(9-2)26(24,25)19-15(3)21-23(16(19)4)14-17-10-12-18(13-11-17)20(5,6)7/h10-13H,8-9,14H2,1-7H3. The molecule has 0 radical (unpaired) electrons. The summed E-state index contributed by atoms with van der Waals surface area (Å²) in [7, 11) is -3.51. The van der Waals surface area contributed by atoms with Crippen LogP contribution in [0.2, 0.25) is 0 Å². The molecule has 0 N–H and O–H groups in total. The normalized spacial score (nSPS) is 12.8. The van der Waals surface area contributed by atoms with Crippen molar-refractivity contribution >= 4 is 10.0 Å². The average Bonchev–Trinajstić information content (AvgIpc) is 2.82. The van der Waals surface area contributed by atoms with Crippen LogP contribution < -0.4 is 0 Å². The smallest absolute Gasteiger partial charge is 0.246 e. The maximum absolute atomic E-state index is 12.9. The van der Waals surface area contributed by atoms with Crippen LogP contribution in [0.15, 0.2) is 29.2 Å². The van der Waals surface area contributed by atoms with Gasteiger partial charge in [-0.05, 0) is 30.4 Å². The molecule has 0 saturated carbocycles. The van der Waals surface area contributed by atoms with E-state index in [2.05, 4.69) is 50.1 Å². The summed E-state index contributed by atoms with van der Waals surface area (Å²) >= 11 is 0. The maximum atomic E-state index is 12.9. The zero-order valence-electron chi connectivity index (χ0n) is 17.0. The predicted octanol–water partition coefficient (Wildman–Crippen LogP) is 3.88. The highest BCUT2D eigenvalue weighted by atomic mass is 32.2. The second kappa shape index (κ2) is 7.53. The van der Waals surface area contributed by atoms with Crippen LogP contribution in [-0.2, 0) is 22.0 Å². The van der Waals surface area contributed by atoms with Crippen molar-refractivity contribution in [3.05, 3.63) is 46.8 Å². The number of aromatic nitrogens is 2. The van der Waals surface area contributed by atoms with Gasteiger partial charge in [0.25, 0.3) is 0 Å². The van der Waals surface area contributed by atoms with Crippen molar-refractivity contribution < 1.29 is 8.42 Å². The van der Waals surface area contributed by atoms with Crippen molar-refractivity contribution in [1.29, 1.82) is 0 Å². The molecule has 0 aliphatic rings. The number of hydrogen-bond donors (Lipinski definition) is 0. The molecule has 0 fully saturated rings. The van der Waals surface area contributed by atoms with Gasteiger partial charge in [0.05, 0.1) is 17.9 Å². The topological polar surface area (TPSA) is 55.2 Å². The maximum Gasteiger partial charge on any atom is 0.246 e. The summed E-state index contributed by atoms with van der Waals surface area (Å²) in [5, 5.41) is 4.50. The van der Waals surface area contributed by atoms with Crippen LogP contribution in [0, 0.1) is 13.8 Å². The van der Waals surface area contributed by atoms with Crippen LogP contribution in [0.3, 0.4) is 0 Å². The number of aryl methyl sites for hydroxylation is 1.